The molecule has 4 heteroatoms. The molecule has 2 aliphatic rings. The number of rotatable bonds is 3. The minimum atomic E-state index is -0.656. The molecule has 1 atom stereocenters. The number of nitrogens with zero attached hydrogens (tertiary/aromatic N) is 1. The summed E-state index contributed by atoms with van der Waals surface area (Å²) in [4.78, 5) is 25.5. The van der Waals surface area contributed by atoms with Crippen molar-refractivity contribution in [3.63, 3.8) is 0 Å². The lowest BCUT2D eigenvalue weighted by Gasteiger charge is -2.39. The summed E-state index contributed by atoms with van der Waals surface area (Å²) in [6, 6.07) is 0. The molecule has 16 heavy (non-hydrogen) atoms. The van der Waals surface area contributed by atoms with Crippen LogP contribution in [0.3, 0.4) is 0 Å². The second-order valence-electron chi connectivity index (χ2n) is 4.78. The highest BCUT2D eigenvalue weighted by Gasteiger charge is 2.52. The van der Waals surface area contributed by atoms with Crippen LogP contribution >= 0.6 is 0 Å². The van der Waals surface area contributed by atoms with E-state index in [4.69, 9.17) is 0 Å². The molecule has 0 radical (unpaired) electrons. The Morgan fingerprint density at radius 1 is 1.50 bits per heavy atom. The Balaban J connectivity index is 2.15. The van der Waals surface area contributed by atoms with Crippen LogP contribution in [0, 0.1) is 5.92 Å². The highest BCUT2D eigenvalue weighted by atomic mass is 16.2. The Hall–Kier alpha value is -1.32. The summed E-state index contributed by atoms with van der Waals surface area (Å²) in [5.41, 5.74) is -0.656. The number of carbonyl (C=O) groups excluding carboxylic acids is 2. The van der Waals surface area contributed by atoms with Crippen molar-refractivity contribution in [3.05, 3.63) is 12.2 Å². The molecule has 1 saturated heterocycles. The van der Waals surface area contributed by atoms with Gasteiger partial charge in [0.25, 0.3) is 0 Å². The Morgan fingerprint density at radius 2 is 2.19 bits per heavy atom. The zero-order chi connectivity index (χ0) is 11.8. The van der Waals surface area contributed by atoms with Crippen LogP contribution < -0.4 is 5.32 Å². The maximum atomic E-state index is 12.3. The molecule has 0 aromatic rings. The third-order valence-corrected chi connectivity index (χ3v) is 3.42. The average Bonchev–Trinajstić information content (AvgIpc) is 3.05. The van der Waals surface area contributed by atoms with Crippen LogP contribution in [-0.2, 0) is 9.59 Å². The van der Waals surface area contributed by atoms with Gasteiger partial charge in [-0.25, -0.2) is 0 Å². The first kappa shape index (κ1) is 11.2. The largest absolute Gasteiger partial charge is 0.340 e. The van der Waals surface area contributed by atoms with Crippen molar-refractivity contribution >= 4 is 11.8 Å². The topological polar surface area (TPSA) is 49.4 Å². The fraction of sp³-hybridized carbons (Fsp3) is 0.667. The molecule has 1 heterocycles. The van der Waals surface area contributed by atoms with Crippen molar-refractivity contribution in [3.8, 4) is 0 Å². The fourth-order valence-corrected chi connectivity index (χ4v) is 2.27. The molecule has 1 aliphatic carbocycles. The summed E-state index contributed by atoms with van der Waals surface area (Å²) in [6.07, 6.45) is 5.89. The van der Waals surface area contributed by atoms with Crippen LogP contribution in [0.25, 0.3) is 0 Å². The van der Waals surface area contributed by atoms with Crippen LogP contribution in [0.15, 0.2) is 12.2 Å². The minimum absolute atomic E-state index is 0.0431. The van der Waals surface area contributed by atoms with Crippen LogP contribution in [0.1, 0.15) is 26.7 Å². The molecule has 0 spiro atoms. The normalized spacial score (nSPS) is 31.0. The first-order chi connectivity index (χ1) is 7.58. The Kier molecular flexibility index (Phi) is 2.74. The van der Waals surface area contributed by atoms with E-state index in [0.29, 0.717) is 12.5 Å². The lowest BCUT2D eigenvalue weighted by molar-refractivity contribution is -0.149. The van der Waals surface area contributed by atoms with Gasteiger partial charge in [-0.05, 0) is 32.6 Å². The molecule has 2 rings (SSSR count). The van der Waals surface area contributed by atoms with Crippen LogP contribution in [-0.4, -0.2) is 35.3 Å². The monoisotopic (exact) mass is 222 g/mol. The van der Waals surface area contributed by atoms with Gasteiger partial charge in [0.15, 0.2) is 0 Å². The highest BCUT2D eigenvalue weighted by Crippen LogP contribution is 2.41. The van der Waals surface area contributed by atoms with E-state index in [9.17, 15) is 9.59 Å². The molecule has 0 aromatic heterocycles. The van der Waals surface area contributed by atoms with E-state index >= 15 is 0 Å². The Labute approximate surface area is 95.7 Å². The predicted molar refractivity (Wildman–Crippen MR) is 60.7 cm³/mol. The molecule has 0 aromatic carbocycles. The lowest BCUT2D eigenvalue weighted by Crippen LogP contribution is -2.66. The maximum Gasteiger partial charge on any atom is 0.249 e. The molecule has 88 valence electrons. The molecule has 2 amide bonds. The van der Waals surface area contributed by atoms with E-state index in [0.717, 1.165) is 12.8 Å². The van der Waals surface area contributed by atoms with E-state index in [1.807, 2.05) is 26.0 Å². The van der Waals surface area contributed by atoms with E-state index < -0.39 is 5.54 Å². The van der Waals surface area contributed by atoms with E-state index in [1.54, 1.807) is 4.90 Å². The standard InChI is InChI=1S/C12H18N2O2/c1-3-4-7-14-8-10(15)13-12(2,11(14)16)9-5-6-9/h3-4,9H,5-8H2,1-2H3,(H,13,15)/b4-3+. The van der Waals surface area contributed by atoms with Gasteiger partial charge in [0.05, 0.1) is 6.54 Å². The van der Waals surface area contributed by atoms with Gasteiger partial charge >= 0.3 is 0 Å². The van der Waals surface area contributed by atoms with Gasteiger partial charge in [0, 0.05) is 6.54 Å². The fourth-order valence-electron chi connectivity index (χ4n) is 2.27. The Bertz CT molecular complexity index is 347. The molecular weight excluding hydrogens is 204 g/mol. The lowest BCUT2D eigenvalue weighted by atomic mass is 9.91. The van der Waals surface area contributed by atoms with Crippen molar-refractivity contribution in [2.45, 2.75) is 32.2 Å². The summed E-state index contributed by atoms with van der Waals surface area (Å²) < 4.78 is 0. The van der Waals surface area contributed by atoms with Crippen LogP contribution in [0.5, 0.6) is 0 Å². The molecule has 2 fully saturated rings. The van der Waals surface area contributed by atoms with Gasteiger partial charge in [0.1, 0.15) is 5.54 Å². The highest BCUT2D eigenvalue weighted by molar-refractivity contribution is 5.98. The second-order valence-corrected chi connectivity index (χ2v) is 4.78. The molecule has 1 saturated carbocycles. The molecule has 1 N–H and O–H groups in total. The first-order valence-electron chi connectivity index (χ1n) is 5.79. The van der Waals surface area contributed by atoms with E-state index in [1.165, 1.54) is 0 Å². The number of piperazine rings is 1. The second kappa shape index (κ2) is 3.92. The summed E-state index contributed by atoms with van der Waals surface area (Å²) in [5, 5.41) is 2.86. The average molecular weight is 222 g/mol. The van der Waals surface area contributed by atoms with Gasteiger partial charge < -0.3 is 10.2 Å². The number of hydrogen-bond acceptors (Lipinski definition) is 2. The molecule has 4 nitrogen and oxygen atoms in total. The van der Waals surface area contributed by atoms with Crippen LogP contribution in [0.2, 0.25) is 0 Å². The first-order valence-corrected chi connectivity index (χ1v) is 5.79. The minimum Gasteiger partial charge on any atom is -0.340 e. The van der Waals surface area contributed by atoms with Gasteiger partial charge in [-0.1, -0.05) is 12.2 Å². The molecule has 0 bridgehead atoms. The quantitative estimate of drug-likeness (QED) is 0.714. The third-order valence-electron chi connectivity index (χ3n) is 3.42. The third kappa shape index (κ3) is 1.84. The van der Waals surface area contributed by atoms with Crippen molar-refractivity contribution in [1.29, 1.82) is 0 Å². The number of allylic oxidation sites excluding steroid dienone is 1. The number of nitrogens with one attached hydrogen (secondary N) is 1. The molecule has 1 unspecified atom stereocenters. The van der Waals surface area contributed by atoms with E-state index in [2.05, 4.69) is 5.32 Å². The van der Waals surface area contributed by atoms with Gasteiger partial charge in [-0.3, -0.25) is 9.59 Å². The summed E-state index contributed by atoms with van der Waals surface area (Å²) >= 11 is 0. The van der Waals surface area contributed by atoms with Gasteiger partial charge in [-0.15, -0.1) is 0 Å². The maximum absolute atomic E-state index is 12.3. The zero-order valence-corrected chi connectivity index (χ0v) is 9.82. The molecular formula is C12H18N2O2. The zero-order valence-electron chi connectivity index (χ0n) is 9.82. The van der Waals surface area contributed by atoms with Gasteiger partial charge in [0.2, 0.25) is 11.8 Å². The smallest absolute Gasteiger partial charge is 0.249 e. The number of amides is 2. The summed E-state index contributed by atoms with van der Waals surface area (Å²) in [5.74, 6) is 0.351. The van der Waals surface area contributed by atoms with Crippen molar-refractivity contribution in [1.82, 2.24) is 10.2 Å². The summed E-state index contributed by atoms with van der Waals surface area (Å²) in [6.45, 7) is 4.48. The SMILES string of the molecule is C/C=C/CN1CC(=O)NC(C)(C2CC2)C1=O. The summed E-state index contributed by atoms with van der Waals surface area (Å²) in [7, 11) is 0. The number of carbonyl (C=O) groups is 2. The Morgan fingerprint density at radius 3 is 2.75 bits per heavy atom. The van der Waals surface area contributed by atoms with Crippen molar-refractivity contribution in [2.24, 2.45) is 5.92 Å². The van der Waals surface area contributed by atoms with Gasteiger partial charge in [-0.2, -0.15) is 0 Å². The van der Waals surface area contributed by atoms with Crippen LogP contribution in [0.4, 0.5) is 0 Å². The predicted octanol–water partition coefficient (Wildman–Crippen LogP) is 0.690. The van der Waals surface area contributed by atoms with E-state index in [-0.39, 0.29) is 18.4 Å². The molecule has 1 aliphatic heterocycles. The van der Waals surface area contributed by atoms with Crippen molar-refractivity contribution < 1.29 is 9.59 Å². The number of hydrogen-bond donors (Lipinski definition) is 1. The van der Waals surface area contributed by atoms with Crippen molar-refractivity contribution in [2.75, 3.05) is 13.1 Å².